The first-order valence-electron chi connectivity index (χ1n) is 2.99. The van der Waals surface area contributed by atoms with Crippen LogP contribution in [0.15, 0.2) is 6.07 Å². The molecule has 0 saturated heterocycles. The van der Waals surface area contributed by atoms with Gasteiger partial charge in [0.05, 0.1) is 3.42 Å². The summed E-state index contributed by atoms with van der Waals surface area (Å²) in [5.41, 5.74) is 0. The van der Waals surface area contributed by atoms with E-state index in [2.05, 4.69) is 40.8 Å². The topological polar surface area (TPSA) is 22.1 Å². The van der Waals surface area contributed by atoms with Gasteiger partial charge in [0, 0.05) is 10.9 Å². The summed E-state index contributed by atoms with van der Waals surface area (Å²) < 4.78 is 9.22. The minimum absolute atomic E-state index is 0.156. The smallest absolute Gasteiger partial charge is 0.236 e. The van der Waals surface area contributed by atoms with Gasteiger partial charge < -0.3 is 3.07 Å². The van der Waals surface area contributed by atoms with Gasteiger partial charge in [-0.25, -0.2) is 0 Å². The van der Waals surface area contributed by atoms with E-state index in [1.807, 2.05) is 29.1 Å². The normalized spacial score (nSPS) is 11.6. The van der Waals surface area contributed by atoms with Gasteiger partial charge in [-0.15, -0.1) is 0 Å². The number of hydrogen-bond donors (Lipinski definition) is 0. The van der Waals surface area contributed by atoms with Crippen molar-refractivity contribution >= 4 is 57.1 Å². The molecule has 0 bridgehead atoms. The maximum absolute atomic E-state index is 4.96. The lowest BCUT2D eigenvalue weighted by Crippen LogP contribution is -2.02. The quantitative estimate of drug-likeness (QED) is 0.565. The molecule has 0 aliphatic carbocycles. The second-order valence-electron chi connectivity index (χ2n) is 2.58. The van der Waals surface area contributed by atoms with Gasteiger partial charge in [0.25, 0.3) is 0 Å². The molecule has 0 unspecified atom stereocenters. The molecule has 0 saturated carbocycles. The Bertz CT molecular complexity index is 243. The molecule has 0 radical (unpaired) electrons. The van der Waals surface area contributed by atoms with Crippen LogP contribution in [0.25, 0.3) is 0 Å². The first-order chi connectivity index (χ1) is 5.04. The Morgan fingerprint density at radius 3 is 2.55 bits per heavy atom. The predicted molar refractivity (Wildman–Crippen MR) is 63.8 cm³/mol. The molecule has 0 aliphatic rings. The van der Waals surface area contributed by atoms with Gasteiger partial charge in [-0.1, -0.05) is 22.6 Å². The zero-order valence-corrected chi connectivity index (χ0v) is 11.2. The van der Waals surface area contributed by atoms with Crippen molar-refractivity contribution in [1.29, 1.82) is 0 Å². The van der Waals surface area contributed by atoms with E-state index in [1.54, 1.807) is 0 Å². The van der Waals surface area contributed by atoms with Gasteiger partial charge in [0.2, 0.25) is 5.88 Å². The molecule has 0 spiro atoms. The standard InChI is InChI=1S/C6H7I2NOS/c1-6(2,7)4-3-5(10-8)9-11-4/h3H,1-2H3. The van der Waals surface area contributed by atoms with Crippen LogP contribution in [0.2, 0.25) is 0 Å². The first-order valence-corrected chi connectivity index (χ1v) is 5.72. The van der Waals surface area contributed by atoms with Gasteiger partial charge in [-0.05, 0) is 25.4 Å². The van der Waals surface area contributed by atoms with E-state index in [0.717, 1.165) is 0 Å². The Morgan fingerprint density at radius 1 is 1.64 bits per heavy atom. The molecule has 5 heteroatoms. The Balaban J connectivity index is 2.89. The largest absolute Gasteiger partial charge is 0.407 e. The van der Waals surface area contributed by atoms with E-state index in [0.29, 0.717) is 5.88 Å². The van der Waals surface area contributed by atoms with E-state index in [-0.39, 0.29) is 3.42 Å². The number of halogens is 2. The number of nitrogens with zero attached hydrogens (tertiary/aromatic N) is 1. The summed E-state index contributed by atoms with van der Waals surface area (Å²) in [7, 11) is 0. The zero-order valence-electron chi connectivity index (χ0n) is 6.10. The molecule has 0 N–H and O–H groups in total. The van der Waals surface area contributed by atoms with E-state index in [1.165, 1.54) is 16.4 Å². The fourth-order valence-electron chi connectivity index (χ4n) is 0.576. The lowest BCUT2D eigenvalue weighted by molar-refractivity contribution is 0.691. The molecule has 0 amide bonds. The van der Waals surface area contributed by atoms with Crippen LogP contribution >= 0.6 is 57.1 Å². The van der Waals surface area contributed by atoms with Crippen LogP contribution in [0.3, 0.4) is 0 Å². The third-order valence-electron chi connectivity index (χ3n) is 1.15. The Kier molecular flexibility index (Phi) is 3.39. The molecular formula is C6H7I2NOS. The van der Waals surface area contributed by atoms with Crippen molar-refractivity contribution in [2.45, 2.75) is 17.3 Å². The van der Waals surface area contributed by atoms with Crippen molar-refractivity contribution < 1.29 is 3.07 Å². The fourth-order valence-corrected chi connectivity index (χ4v) is 2.03. The number of hydrogen-bond acceptors (Lipinski definition) is 3. The van der Waals surface area contributed by atoms with E-state index in [9.17, 15) is 0 Å². The Labute approximate surface area is 97.7 Å². The number of alkyl halides is 1. The van der Waals surface area contributed by atoms with E-state index < -0.39 is 0 Å². The van der Waals surface area contributed by atoms with Crippen molar-refractivity contribution in [1.82, 2.24) is 4.37 Å². The zero-order chi connectivity index (χ0) is 8.48. The summed E-state index contributed by atoms with van der Waals surface area (Å²) in [5.74, 6) is 0.704. The molecule has 1 heterocycles. The predicted octanol–water partition coefficient (Wildman–Crippen LogP) is 3.54. The fraction of sp³-hybridized carbons (Fsp3) is 0.500. The molecule has 1 aromatic heterocycles. The Hall–Kier alpha value is 0.890. The summed E-state index contributed by atoms with van der Waals surface area (Å²) in [6.45, 7) is 4.30. The molecule has 0 fully saturated rings. The van der Waals surface area contributed by atoms with Crippen molar-refractivity contribution in [3.05, 3.63) is 10.9 Å². The first kappa shape index (κ1) is 9.97. The van der Waals surface area contributed by atoms with Gasteiger partial charge in [0.1, 0.15) is 0 Å². The van der Waals surface area contributed by atoms with E-state index >= 15 is 0 Å². The minimum Gasteiger partial charge on any atom is -0.407 e. The number of rotatable bonds is 2. The molecule has 1 rings (SSSR count). The second kappa shape index (κ2) is 3.73. The monoisotopic (exact) mass is 395 g/mol. The van der Waals surface area contributed by atoms with Crippen molar-refractivity contribution in [2.75, 3.05) is 0 Å². The minimum atomic E-state index is 0.156. The average Bonchev–Trinajstić information content (AvgIpc) is 2.32. The molecule has 0 atom stereocenters. The molecule has 0 aliphatic heterocycles. The van der Waals surface area contributed by atoms with Crippen LogP contribution in [-0.4, -0.2) is 4.37 Å². The molecule has 1 aromatic rings. The highest BCUT2D eigenvalue weighted by molar-refractivity contribution is 14.1. The molecular weight excluding hydrogens is 388 g/mol. The Morgan fingerprint density at radius 2 is 2.27 bits per heavy atom. The van der Waals surface area contributed by atoms with Gasteiger partial charge in [0.15, 0.2) is 23.0 Å². The third kappa shape index (κ3) is 2.69. The van der Waals surface area contributed by atoms with Crippen molar-refractivity contribution in [3.8, 4) is 5.88 Å². The second-order valence-corrected chi connectivity index (χ2v) is 6.52. The third-order valence-corrected chi connectivity index (χ3v) is 3.65. The van der Waals surface area contributed by atoms with Crippen molar-refractivity contribution in [3.63, 3.8) is 0 Å². The van der Waals surface area contributed by atoms with E-state index in [4.69, 9.17) is 3.07 Å². The summed E-state index contributed by atoms with van der Waals surface area (Å²) in [5, 5.41) is 0. The van der Waals surface area contributed by atoms with Gasteiger partial charge in [-0.3, -0.25) is 0 Å². The van der Waals surface area contributed by atoms with Crippen molar-refractivity contribution in [2.24, 2.45) is 0 Å². The summed E-state index contributed by atoms with van der Waals surface area (Å²) >= 11 is 5.71. The van der Waals surface area contributed by atoms with Crippen LogP contribution in [0.5, 0.6) is 5.88 Å². The van der Waals surface area contributed by atoms with Crippen LogP contribution in [0.4, 0.5) is 0 Å². The van der Waals surface area contributed by atoms with Crippen LogP contribution in [0.1, 0.15) is 18.7 Å². The number of aromatic nitrogens is 1. The molecule has 62 valence electrons. The molecule has 0 aromatic carbocycles. The molecule has 2 nitrogen and oxygen atoms in total. The van der Waals surface area contributed by atoms with Crippen LogP contribution < -0.4 is 3.07 Å². The SMILES string of the molecule is CC(C)(I)c1cc(OI)ns1. The summed E-state index contributed by atoms with van der Waals surface area (Å²) in [4.78, 5) is 1.24. The maximum atomic E-state index is 4.96. The highest BCUT2D eigenvalue weighted by atomic mass is 127. The summed E-state index contributed by atoms with van der Waals surface area (Å²) in [6.07, 6.45) is 0. The van der Waals surface area contributed by atoms with Crippen LogP contribution in [0, 0.1) is 0 Å². The maximum Gasteiger partial charge on any atom is 0.236 e. The average molecular weight is 395 g/mol. The van der Waals surface area contributed by atoms with Gasteiger partial charge in [-0.2, -0.15) is 4.37 Å². The highest BCUT2D eigenvalue weighted by Crippen LogP contribution is 2.35. The van der Waals surface area contributed by atoms with Gasteiger partial charge >= 0.3 is 0 Å². The van der Waals surface area contributed by atoms with Crippen LogP contribution in [-0.2, 0) is 3.42 Å². The summed E-state index contributed by atoms with van der Waals surface area (Å²) in [6, 6.07) is 1.98. The highest BCUT2D eigenvalue weighted by Gasteiger charge is 2.19. The lowest BCUT2D eigenvalue weighted by atomic mass is 10.2. The molecule has 11 heavy (non-hydrogen) atoms. The lowest BCUT2D eigenvalue weighted by Gasteiger charge is -2.11.